The van der Waals surface area contributed by atoms with E-state index in [0.717, 1.165) is 0 Å². The topological polar surface area (TPSA) is 92.4 Å². The van der Waals surface area contributed by atoms with E-state index >= 15 is 0 Å². The Labute approximate surface area is 97.4 Å². The molecule has 0 aliphatic rings. The summed E-state index contributed by atoms with van der Waals surface area (Å²) in [4.78, 5) is 21.7. The third kappa shape index (κ3) is 4.20. The lowest BCUT2D eigenvalue weighted by molar-refractivity contribution is -0.139. The lowest BCUT2D eigenvalue weighted by atomic mass is 10.2. The maximum Gasteiger partial charge on any atom is 0.305 e. The highest BCUT2D eigenvalue weighted by Crippen LogP contribution is 2.05. The van der Waals surface area contributed by atoms with Crippen LogP contribution in [-0.4, -0.2) is 23.0 Å². The van der Waals surface area contributed by atoms with Crippen molar-refractivity contribution in [2.24, 2.45) is 5.73 Å². The number of aliphatic carboxylic acids is 1. The zero-order valence-corrected chi connectivity index (χ0v) is 9.02. The van der Waals surface area contributed by atoms with Gasteiger partial charge in [0.05, 0.1) is 12.5 Å². The molecule has 1 rings (SSSR count). The second-order valence-electron chi connectivity index (χ2n) is 3.51. The number of carboxylic acids is 1. The number of benzene rings is 1. The van der Waals surface area contributed by atoms with Crippen LogP contribution in [0.1, 0.15) is 12.0 Å². The van der Waals surface area contributed by atoms with E-state index in [4.69, 9.17) is 10.8 Å². The average Bonchev–Trinajstić information content (AvgIpc) is 2.26. The summed E-state index contributed by atoms with van der Waals surface area (Å²) < 4.78 is 13.2. The van der Waals surface area contributed by atoms with Gasteiger partial charge in [-0.1, -0.05) is 18.2 Å². The van der Waals surface area contributed by atoms with E-state index in [-0.39, 0.29) is 6.54 Å². The van der Waals surface area contributed by atoms with Gasteiger partial charge in [0.15, 0.2) is 0 Å². The zero-order chi connectivity index (χ0) is 12.8. The summed E-state index contributed by atoms with van der Waals surface area (Å²) in [5.41, 5.74) is 5.66. The maximum atomic E-state index is 13.2. The second kappa shape index (κ2) is 5.95. The number of nitrogens with two attached hydrogens (primary N) is 1. The van der Waals surface area contributed by atoms with Gasteiger partial charge < -0.3 is 16.2 Å². The van der Waals surface area contributed by atoms with Gasteiger partial charge >= 0.3 is 5.97 Å². The van der Waals surface area contributed by atoms with Gasteiger partial charge in [0.2, 0.25) is 5.91 Å². The first kappa shape index (κ1) is 13.1. The van der Waals surface area contributed by atoms with Crippen LogP contribution in [0.2, 0.25) is 0 Å². The highest BCUT2D eigenvalue weighted by atomic mass is 19.1. The fraction of sp³-hybridized carbons (Fsp3) is 0.273. The number of carbonyl (C=O) groups excluding carboxylic acids is 1. The van der Waals surface area contributed by atoms with E-state index in [2.05, 4.69) is 5.32 Å². The van der Waals surface area contributed by atoms with Crippen LogP contribution in [0.3, 0.4) is 0 Å². The normalized spacial score (nSPS) is 11.9. The van der Waals surface area contributed by atoms with Crippen molar-refractivity contribution in [1.82, 2.24) is 5.32 Å². The van der Waals surface area contributed by atoms with E-state index in [1.807, 2.05) is 0 Å². The molecule has 0 aliphatic carbocycles. The first-order chi connectivity index (χ1) is 8.00. The summed E-state index contributed by atoms with van der Waals surface area (Å²) in [6.45, 7) is -0.0151. The predicted molar refractivity (Wildman–Crippen MR) is 58.5 cm³/mol. The minimum Gasteiger partial charge on any atom is -0.481 e. The zero-order valence-electron chi connectivity index (χ0n) is 9.02. The molecule has 5 nitrogen and oxygen atoms in total. The molecule has 0 radical (unpaired) electrons. The van der Waals surface area contributed by atoms with Gasteiger partial charge in [0, 0.05) is 12.1 Å². The van der Waals surface area contributed by atoms with Gasteiger partial charge in [-0.15, -0.1) is 0 Å². The molecular weight excluding hydrogens is 227 g/mol. The van der Waals surface area contributed by atoms with Crippen LogP contribution in [0.5, 0.6) is 0 Å². The summed E-state index contributed by atoms with van der Waals surface area (Å²) in [6, 6.07) is 4.86. The van der Waals surface area contributed by atoms with Crippen LogP contribution in [-0.2, 0) is 16.1 Å². The van der Waals surface area contributed by atoms with Crippen molar-refractivity contribution in [1.29, 1.82) is 0 Å². The van der Waals surface area contributed by atoms with Crippen molar-refractivity contribution in [2.45, 2.75) is 19.0 Å². The smallest absolute Gasteiger partial charge is 0.305 e. The molecule has 0 aliphatic heterocycles. The van der Waals surface area contributed by atoms with Crippen molar-refractivity contribution in [3.63, 3.8) is 0 Å². The summed E-state index contributed by atoms with van der Waals surface area (Å²) in [6.07, 6.45) is -0.455. The molecule has 0 saturated heterocycles. The first-order valence-corrected chi connectivity index (χ1v) is 4.99. The molecule has 17 heavy (non-hydrogen) atoms. The van der Waals surface area contributed by atoms with E-state index in [9.17, 15) is 14.0 Å². The number of rotatable bonds is 5. The largest absolute Gasteiger partial charge is 0.481 e. The van der Waals surface area contributed by atoms with E-state index < -0.39 is 30.2 Å². The van der Waals surface area contributed by atoms with Gasteiger partial charge in [-0.05, 0) is 6.07 Å². The second-order valence-corrected chi connectivity index (χ2v) is 3.51. The molecule has 1 unspecified atom stereocenters. The predicted octanol–water partition coefficient (Wildman–Crippen LogP) is 0.244. The number of hydrogen-bond donors (Lipinski definition) is 3. The summed E-state index contributed by atoms with van der Waals surface area (Å²) in [5.74, 6) is -2.20. The number of hydrogen-bond acceptors (Lipinski definition) is 3. The van der Waals surface area contributed by atoms with Crippen LogP contribution < -0.4 is 11.1 Å². The Balaban J connectivity index is 2.48. The Bertz CT molecular complexity index is 423. The van der Waals surface area contributed by atoms with Crippen molar-refractivity contribution in [3.8, 4) is 0 Å². The van der Waals surface area contributed by atoms with Gasteiger partial charge in [0.1, 0.15) is 5.82 Å². The van der Waals surface area contributed by atoms with Crippen molar-refractivity contribution < 1.29 is 19.1 Å². The van der Waals surface area contributed by atoms with Crippen molar-refractivity contribution >= 4 is 11.9 Å². The van der Waals surface area contributed by atoms with Crippen molar-refractivity contribution in [2.75, 3.05) is 0 Å². The number of amides is 1. The molecule has 0 aromatic heterocycles. The summed E-state index contributed by atoms with van der Waals surface area (Å²) in [7, 11) is 0. The van der Waals surface area contributed by atoms with Gasteiger partial charge in [-0.2, -0.15) is 0 Å². The molecule has 1 atom stereocenters. The Morgan fingerprint density at radius 3 is 2.65 bits per heavy atom. The molecule has 0 heterocycles. The number of halogens is 1. The van der Waals surface area contributed by atoms with E-state index in [1.54, 1.807) is 6.07 Å². The Morgan fingerprint density at radius 1 is 1.41 bits per heavy atom. The minimum absolute atomic E-state index is 0.0151. The highest BCUT2D eigenvalue weighted by Gasteiger charge is 2.16. The Hall–Kier alpha value is -1.95. The van der Waals surface area contributed by atoms with E-state index in [0.29, 0.717) is 5.56 Å². The highest BCUT2D eigenvalue weighted by molar-refractivity contribution is 5.85. The van der Waals surface area contributed by atoms with Crippen LogP contribution in [0.15, 0.2) is 24.3 Å². The SMILES string of the molecule is NC(CC(=O)O)C(=O)NCc1ccccc1F. The van der Waals surface area contributed by atoms with Gasteiger partial charge in [-0.25, -0.2) is 4.39 Å². The molecule has 92 valence electrons. The first-order valence-electron chi connectivity index (χ1n) is 4.99. The standard InChI is InChI=1S/C11H13FN2O3/c12-8-4-2-1-3-7(8)6-14-11(17)9(13)5-10(15)16/h1-4,9H,5-6,13H2,(H,14,17)(H,15,16). The molecule has 0 saturated carbocycles. The Morgan fingerprint density at radius 2 is 2.06 bits per heavy atom. The summed E-state index contributed by atoms with van der Waals surface area (Å²) >= 11 is 0. The molecule has 6 heteroatoms. The third-order valence-corrected chi connectivity index (χ3v) is 2.14. The molecule has 0 fully saturated rings. The number of nitrogens with one attached hydrogen (secondary N) is 1. The fourth-order valence-electron chi connectivity index (χ4n) is 1.24. The number of carbonyl (C=O) groups is 2. The Kier molecular flexibility index (Phi) is 4.59. The molecule has 0 spiro atoms. The fourth-order valence-corrected chi connectivity index (χ4v) is 1.24. The molecule has 1 aromatic rings. The molecule has 1 amide bonds. The third-order valence-electron chi connectivity index (χ3n) is 2.14. The lowest BCUT2D eigenvalue weighted by Crippen LogP contribution is -2.41. The molecule has 0 bridgehead atoms. The average molecular weight is 240 g/mol. The monoisotopic (exact) mass is 240 g/mol. The quantitative estimate of drug-likeness (QED) is 0.687. The minimum atomic E-state index is -1.15. The van der Waals surface area contributed by atoms with Crippen LogP contribution in [0, 0.1) is 5.82 Å². The van der Waals surface area contributed by atoms with Crippen molar-refractivity contribution in [3.05, 3.63) is 35.6 Å². The summed E-state index contributed by atoms with van der Waals surface area (Å²) in [5, 5.41) is 10.8. The molecule has 4 N–H and O–H groups in total. The maximum absolute atomic E-state index is 13.2. The van der Waals surface area contributed by atoms with Gasteiger partial charge in [-0.3, -0.25) is 9.59 Å². The van der Waals surface area contributed by atoms with Gasteiger partial charge in [0.25, 0.3) is 0 Å². The number of carboxylic acid groups (broad SMARTS) is 1. The van der Waals surface area contributed by atoms with Crippen LogP contribution in [0.4, 0.5) is 4.39 Å². The lowest BCUT2D eigenvalue weighted by Gasteiger charge is -2.10. The molecular formula is C11H13FN2O3. The van der Waals surface area contributed by atoms with Crippen LogP contribution >= 0.6 is 0 Å². The molecule has 1 aromatic carbocycles. The van der Waals surface area contributed by atoms with Crippen LogP contribution in [0.25, 0.3) is 0 Å². The van der Waals surface area contributed by atoms with E-state index in [1.165, 1.54) is 18.2 Å².